The van der Waals surface area contributed by atoms with E-state index in [9.17, 15) is 19.6 Å². The van der Waals surface area contributed by atoms with Gasteiger partial charge >= 0.3 is 0 Å². The number of aliphatic hydroxyl groups excluding tert-OH is 1. The van der Waals surface area contributed by atoms with Crippen molar-refractivity contribution in [1.82, 2.24) is 0 Å². The fourth-order valence-corrected chi connectivity index (χ4v) is 2.01. The van der Waals surface area contributed by atoms with Crippen LogP contribution in [-0.2, 0) is 0 Å². The largest absolute Gasteiger partial charge is 0.393 e. The first-order valence-corrected chi connectivity index (χ1v) is 5.45. The second-order valence-corrected chi connectivity index (χ2v) is 4.11. The molecule has 0 amide bonds. The van der Waals surface area contributed by atoms with Crippen molar-refractivity contribution in [3.05, 3.63) is 34.1 Å². The summed E-state index contributed by atoms with van der Waals surface area (Å²) in [4.78, 5) is 12.1. The quantitative estimate of drug-likeness (QED) is 0.631. The molecule has 0 aromatic heterocycles. The molecule has 6 heteroatoms. The van der Waals surface area contributed by atoms with Crippen LogP contribution in [0.25, 0.3) is 0 Å². The van der Waals surface area contributed by atoms with E-state index in [1.807, 2.05) is 0 Å². The van der Waals surface area contributed by atoms with E-state index in [4.69, 9.17) is 0 Å². The number of nitro benzene ring substituents is 1. The number of nitro groups is 1. The third kappa shape index (κ3) is 2.52. The molecule has 1 aliphatic heterocycles. The van der Waals surface area contributed by atoms with Gasteiger partial charge in [0.05, 0.1) is 11.0 Å². The summed E-state index contributed by atoms with van der Waals surface area (Å²) in [5.74, 6) is -0.489. The number of halogens is 1. The fourth-order valence-electron chi connectivity index (χ4n) is 2.01. The third-order valence-electron chi connectivity index (χ3n) is 2.94. The van der Waals surface area contributed by atoms with Gasteiger partial charge in [0.1, 0.15) is 11.5 Å². The molecule has 1 heterocycles. The summed E-state index contributed by atoms with van der Waals surface area (Å²) in [7, 11) is 0. The van der Waals surface area contributed by atoms with Crippen molar-refractivity contribution in [2.45, 2.75) is 18.9 Å². The van der Waals surface area contributed by atoms with E-state index in [0.717, 1.165) is 6.07 Å². The number of hydrogen-bond donors (Lipinski definition) is 1. The van der Waals surface area contributed by atoms with Gasteiger partial charge in [-0.05, 0) is 18.9 Å². The lowest BCUT2D eigenvalue weighted by Gasteiger charge is -2.31. The highest BCUT2D eigenvalue weighted by molar-refractivity contribution is 5.63. The minimum Gasteiger partial charge on any atom is -0.393 e. The SMILES string of the molecule is O=[N+]([O-])c1ccc(F)cc1N1CCC(O)CC1. The van der Waals surface area contributed by atoms with E-state index in [-0.39, 0.29) is 11.8 Å². The van der Waals surface area contributed by atoms with Gasteiger partial charge in [-0.2, -0.15) is 0 Å². The Morgan fingerprint density at radius 1 is 1.41 bits per heavy atom. The molecule has 0 spiro atoms. The first-order chi connectivity index (χ1) is 8.08. The van der Waals surface area contributed by atoms with Crippen LogP contribution in [-0.4, -0.2) is 29.2 Å². The molecule has 2 rings (SSSR count). The molecule has 0 bridgehead atoms. The van der Waals surface area contributed by atoms with Crippen LogP contribution in [0.4, 0.5) is 15.8 Å². The molecule has 0 atom stereocenters. The van der Waals surface area contributed by atoms with Crippen LogP contribution in [0.5, 0.6) is 0 Å². The van der Waals surface area contributed by atoms with Crippen molar-refractivity contribution in [1.29, 1.82) is 0 Å². The van der Waals surface area contributed by atoms with Crippen molar-refractivity contribution in [3.63, 3.8) is 0 Å². The summed E-state index contributed by atoms with van der Waals surface area (Å²) in [6, 6.07) is 3.44. The fraction of sp³-hybridized carbons (Fsp3) is 0.455. The molecular formula is C11H13FN2O3. The van der Waals surface area contributed by atoms with E-state index in [2.05, 4.69) is 0 Å². The monoisotopic (exact) mass is 240 g/mol. The van der Waals surface area contributed by atoms with Crippen molar-refractivity contribution < 1.29 is 14.4 Å². The molecule has 0 radical (unpaired) electrons. The molecule has 1 fully saturated rings. The zero-order valence-corrected chi connectivity index (χ0v) is 9.17. The van der Waals surface area contributed by atoms with Crippen LogP contribution in [0.1, 0.15) is 12.8 Å². The van der Waals surface area contributed by atoms with Crippen LogP contribution < -0.4 is 4.90 Å². The van der Waals surface area contributed by atoms with Gasteiger partial charge in [0.2, 0.25) is 0 Å². The first-order valence-electron chi connectivity index (χ1n) is 5.45. The lowest BCUT2D eigenvalue weighted by atomic mass is 10.1. The van der Waals surface area contributed by atoms with Gasteiger partial charge in [0, 0.05) is 25.2 Å². The number of benzene rings is 1. The average Bonchev–Trinajstić information content (AvgIpc) is 2.29. The second kappa shape index (κ2) is 4.67. The van der Waals surface area contributed by atoms with Crippen LogP contribution in [0.3, 0.4) is 0 Å². The van der Waals surface area contributed by atoms with Crippen LogP contribution >= 0.6 is 0 Å². The second-order valence-electron chi connectivity index (χ2n) is 4.11. The summed E-state index contributed by atoms with van der Waals surface area (Å²) in [6.45, 7) is 1.01. The van der Waals surface area contributed by atoms with Crippen molar-refractivity contribution >= 4 is 11.4 Å². The summed E-state index contributed by atoms with van der Waals surface area (Å²) in [5.41, 5.74) is 0.199. The summed E-state index contributed by atoms with van der Waals surface area (Å²) < 4.78 is 13.1. The Bertz CT molecular complexity index is 431. The number of aliphatic hydroxyl groups is 1. The minimum atomic E-state index is -0.514. The summed E-state index contributed by atoms with van der Waals surface area (Å²) in [5, 5.41) is 20.2. The van der Waals surface area contributed by atoms with Crippen LogP contribution in [0, 0.1) is 15.9 Å². The Morgan fingerprint density at radius 3 is 2.65 bits per heavy atom. The van der Waals surface area contributed by atoms with E-state index >= 15 is 0 Å². The number of piperidine rings is 1. The average molecular weight is 240 g/mol. The zero-order valence-electron chi connectivity index (χ0n) is 9.17. The molecule has 1 aliphatic rings. The number of nitrogens with zero attached hydrogens (tertiary/aromatic N) is 2. The van der Waals surface area contributed by atoms with E-state index in [1.54, 1.807) is 4.90 Å². The van der Waals surface area contributed by atoms with Crippen molar-refractivity contribution in [2.75, 3.05) is 18.0 Å². The van der Waals surface area contributed by atoms with Gasteiger partial charge < -0.3 is 10.0 Å². The highest BCUT2D eigenvalue weighted by Crippen LogP contribution is 2.30. The van der Waals surface area contributed by atoms with Gasteiger partial charge in [-0.3, -0.25) is 10.1 Å². The molecule has 0 unspecified atom stereocenters. The van der Waals surface area contributed by atoms with Crippen molar-refractivity contribution in [2.24, 2.45) is 0 Å². The minimum absolute atomic E-state index is 0.0946. The maximum absolute atomic E-state index is 13.1. The first kappa shape index (κ1) is 11.8. The summed E-state index contributed by atoms with van der Waals surface area (Å²) >= 11 is 0. The van der Waals surface area contributed by atoms with E-state index in [1.165, 1.54) is 12.1 Å². The molecule has 5 nitrogen and oxygen atoms in total. The van der Waals surface area contributed by atoms with Gasteiger partial charge in [0.25, 0.3) is 5.69 Å². The molecule has 1 aromatic carbocycles. The van der Waals surface area contributed by atoms with E-state index < -0.39 is 10.7 Å². The smallest absolute Gasteiger partial charge is 0.292 e. The van der Waals surface area contributed by atoms with Gasteiger partial charge in [-0.25, -0.2) is 4.39 Å². The Labute approximate surface area is 97.6 Å². The molecule has 0 saturated carbocycles. The van der Waals surface area contributed by atoms with Gasteiger partial charge in [0.15, 0.2) is 0 Å². The highest BCUT2D eigenvalue weighted by atomic mass is 19.1. The lowest BCUT2D eigenvalue weighted by molar-refractivity contribution is -0.384. The van der Waals surface area contributed by atoms with Gasteiger partial charge in [-0.1, -0.05) is 0 Å². The van der Waals surface area contributed by atoms with Gasteiger partial charge in [-0.15, -0.1) is 0 Å². The van der Waals surface area contributed by atoms with Crippen molar-refractivity contribution in [3.8, 4) is 0 Å². The predicted molar refractivity (Wildman–Crippen MR) is 60.5 cm³/mol. The molecule has 0 aliphatic carbocycles. The number of anilines is 1. The predicted octanol–water partition coefficient (Wildman–Crippen LogP) is 1.69. The normalized spacial score (nSPS) is 17.2. The Hall–Kier alpha value is -1.69. The molecule has 1 N–H and O–H groups in total. The van der Waals surface area contributed by atoms with Crippen LogP contribution in [0.15, 0.2) is 18.2 Å². The highest BCUT2D eigenvalue weighted by Gasteiger charge is 2.24. The molecule has 17 heavy (non-hydrogen) atoms. The van der Waals surface area contributed by atoms with Crippen LogP contribution in [0.2, 0.25) is 0 Å². The van der Waals surface area contributed by atoms with E-state index in [0.29, 0.717) is 31.6 Å². The Morgan fingerprint density at radius 2 is 2.06 bits per heavy atom. The topological polar surface area (TPSA) is 66.6 Å². The Balaban J connectivity index is 2.30. The lowest BCUT2D eigenvalue weighted by Crippen LogP contribution is -2.36. The maximum Gasteiger partial charge on any atom is 0.292 e. The summed E-state index contributed by atoms with van der Waals surface area (Å²) in [6.07, 6.45) is 0.736. The standard InChI is InChI=1S/C11H13FN2O3/c12-8-1-2-10(14(16)17)11(7-8)13-5-3-9(15)4-6-13/h1-2,7,9,15H,3-6H2. The molecule has 92 valence electrons. The number of hydrogen-bond acceptors (Lipinski definition) is 4. The molecule has 1 saturated heterocycles. The molecule has 1 aromatic rings. The third-order valence-corrected chi connectivity index (χ3v) is 2.94. The number of rotatable bonds is 2. The molecular weight excluding hydrogens is 227 g/mol. The zero-order chi connectivity index (χ0) is 12.4. The maximum atomic E-state index is 13.1. The Kier molecular flexibility index (Phi) is 3.23.